The summed E-state index contributed by atoms with van der Waals surface area (Å²) in [6, 6.07) is 7.90. The maximum absolute atomic E-state index is 11.3. The highest BCUT2D eigenvalue weighted by Gasteiger charge is 2.03. The van der Waals surface area contributed by atoms with Crippen molar-refractivity contribution in [2.24, 2.45) is 5.73 Å². The Balaban J connectivity index is 2.19. The van der Waals surface area contributed by atoms with Crippen LogP contribution in [0.5, 0.6) is 0 Å². The molecule has 0 heterocycles. The summed E-state index contributed by atoms with van der Waals surface area (Å²) in [7, 11) is 0. The summed E-state index contributed by atoms with van der Waals surface area (Å²) in [5, 5.41) is 5.13. The predicted molar refractivity (Wildman–Crippen MR) is 72.9 cm³/mol. The second kappa shape index (κ2) is 7.84. The standard InChI is InChI=1S/C12H16BrN3O2/c13-10-3-1-9(2-4-10)5-6-15-12(18)8-16-11(17)7-14/h1-4H,5-8,14H2,(H,15,18)(H,16,17). The van der Waals surface area contributed by atoms with E-state index < -0.39 is 0 Å². The summed E-state index contributed by atoms with van der Waals surface area (Å²) in [5.41, 5.74) is 6.24. The number of carbonyl (C=O) groups excluding carboxylic acids is 2. The molecule has 0 aromatic heterocycles. The Morgan fingerprint density at radius 3 is 2.39 bits per heavy atom. The number of benzene rings is 1. The van der Waals surface area contributed by atoms with Crippen LogP contribution in [0.25, 0.3) is 0 Å². The number of hydrogen-bond acceptors (Lipinski definition) is 3. The van der Waals surface area contributed by atoms with Crippen molar-refractivity contribution in [3.63, 3.8) is 0 Å². The zero-order valence-electron chi connectivity index (χ0n) is 9.91. The molecule has 0 aliphatic rings. The van der Waals surface area contributed by atoms with Gasteiger partial charge in [-0.2, -0.15) is 0 Å². The molecule has 0 radical (unpaired) electrons. The first-order valence-electron chi connectivity index (χ1n) is 5.59. The summed E-state index contributed by atoms with van der Waals surface area (Å²) < 4.78 is 1.03. The molecule has 0 saturated carbocycles. The lowest BCUT2D eigenvalue weighted by molar-refractivity contribution is -0.125. The predicted octanol–water partition coefficient (Wildman–Crippen LogP) is 0.183. The second-order valence-corrected chi connectivity index (χ2v) is 4.62. The van der Waals surface area contributed by atoms with Crippen molar-refractivity contribution >= 4 is 27.7 Å². The molecular weight excluding hydrogens is 298 g/mol. The van der Waals surface area contributed by atoms with Crippen LogP contribution in [0.3, 0.4) is 0 Å². The third kappa shape index (κ3) is 5.79. The quantitative estimate of drug-likeness (QED) is 0.700. The number of nitrogens with two attached hydrogens (primary N) is 1. The zero-order chi connectivity index (χ0) is 13.4. The van der Waals surface area contributed by atoms with Gasteiger partial charge < -0.3 is 16.4 Å². The fourth-order valence-corrected chi connectivity index (χ4v) is 1.58. The topological polar surface area (TPSA) is 84.2 Å². The molecule has 0 unspecified atom stereocenters. The zero-order valence-corrected chi connectivity index (χ0v) is 11.5. The Bertz CT molecular complexity index is 406. The largest absolute Gasteiger partial charge is 0.354 e. The average molecular weight is 314 g/mol. The molecule has 1 rings (SSSR count). The van der Waals surface area contributed by atoms with Gasteiger partial charge in [-0.1, -0.05) is 28.1 Å². The van der Waals surface area contributed by atoms with Crippen LogP contribution in [-0.2, 0) is 16.0 Å². The summed E-state index contributed by atoms with van der Waals surface area (Å²) >= 11 is 3.36. The van der Waals surface area contributed by atoms with Gasteiger partial charge in [0.25, 0.3) is 0 Å². The van der Waals surface area contributed by atoms with Crippen LogP contribution in [0.4, 0.5) is 0 Å². The minimum absolute atomic E-state index is 0.0314. The number of halogens is 1. The Morgan fingerprint density at radius 1 is 1.11 bits per heavy atom. The van der Waals surface area contributed by atoms with E-state index in [1.807, 2.05) is 24.3 Å². The van der Waals surface area contributed by atoms with Crippen LogP contribution >= 0.6 is 15.9 Å². The minimum Gasteiger partial charge on any atom is -0.354 e. The average Bonchev–Trinajstić information content (AvgIpc) is 2.38. The highest BCUT2D eigenvalue weighted by Crippen LogP contribution is 2.10. The lowest BCUT2D eigenvalue weighted by Crippen LogP contribution is -2.40. The first kappa shape index (κ1) is 14.7. The monoisotopic (exact) mass is 313 g/mol. The molecule has 5 nitrogen and oxygen atoms in total. The Morgan fingerprint density at radius 2 is 1.78 bits per heavy atom. The molecule has 0 atom stereocenters. The molecule has 2 amide bonds. The lowest BCUT2D eigenvalue weighted by Gasteiger charge is -2.06. The Labute approximate surface area is 114 Å². The van der Waals surface area contributed by atoms with Crippen LogP contribution in [0.1, 0.15) is 5.56 Å². The van der Waals surface area contributed by atoms with E-state index >= 15 is 0 Å². The van der Waals surface area contributed by atoms with Crippen molar-refractivity contribution in [2.45, 2.75) is 6.42 Å². The van der Waals surface area contributed by atoms with Crippen LogP contribution in [0.15, 0.2) is 28.7 Å². The van der Waals surface area contributed by atoms with Crippen LogP contribution in [0, 0.1) is 0 Å². The van der Waals surface area contributed by atoms with Crippen molar-refractivity contribution in [3.05, 3.63) is 34.3 Å². The van der Waals surface area contributed by atoms with Crippen molar-refractivity contribution in [1.82, 2.24) is 10.6 Å². The SMILES string of the molecule is NCC(=O)NCC(=O)NCCc1ccc(Br)cc1. The molecule has 1 aromatic rings. The van der Waals surface area contributed by atoms with E-state index in [2.05, 4.69) is 26.6 Å². The van der Waals surface area contributed by atoms with E-state index in [9.17, 15) is 9.59 Å². The Hall–Kier alpha value is -1.40. The molecule has 0 aliphatic heterocycles. The molecule has 18 heavy (non-hydrogen) atoms. The third-order valence-corrected chi connectivity index (χ3v) is 2.81. The van der Waals surface area contributed by atoms with E-state index in [4.69, 9.17) is 5.73 Å². The number of hydrogen-bond donors (Lipinski definition) is 3. The molecule has 0 saturated heterocycles. The number of rotatable bonds is 6. The van der Waals surface area contributed by atoms with Crippen LogP contribution < -0.4 is 16.4 Å². The van der Waals surface area contributed by atoms with Crippen molar-refractivity contribution in [2.75, 3.05) is 19.6 Å². The summed E-state index contributed by atoms with van der Waals surface area (Å²) in [4.78, 5) is 22.2. The minimum atomic E-state index is -0.335. The highest BCUT2D eigenvalue weighted by atomic mass is 79.9. The van der Waals surface area contributed by atoms with Gasteiger partial charge in [0.05, 0.1) is 13.1 Å². The molecule has 0 fully saturated rings. The summed E-state index contributed by atoms with van der Waals surface area (Å²) in [6.07, 6.45) is 0.754. The molecule has 6 heteroatoms. The first-order valence-corrected chi connectivity index (χ1v) is 6.39. The number of amides is 2. The van der Waals surface area contributed by atoms with E-state index in [-0.39, 0.29) is 24.9 Å². The summed E-state index contributed by atoms with van der Waals surface area (Å²) in [5.74, 6) is -0.549. The first-order chi connectivity index (χ1) is 8.61. The third-order valence-electron chi connectivity index (χ3n) is 2.28. The van der Waals surface area contributed by atoms with E-state index in [1.54, 1.807) is 0 Å². The normalized spacial score (nSPS) is 9.89. The molecule has 1 aromatic carbocycles. The molecule has 0 spiro atoms. The summed E-state index contributed by atoms with van der Waals surface area (Å²) in [6.45, 7) is 0.404. The van der Waals surface area contributed by atoms with Gasteiger partial charge in [0.15, 0.2) is 0 Å². The van der Waals surface area contributed by atoms with E-state index in [0.29, 0.717) is 6.54 Å². The molecular formula is C12H16BrN3O2. The van der Waals surface area contributed by atoms with Gasteiger partial charge in [-0.3, -0.25) is 9.59 Å². The van der Waals surface area contributed by atoms with Gasteiger partial charge in [-0.15, -0.1) is 0 Å². The maximum atomic E-state index is 11.3. The molecule has 98 valence electrons. The van der Waals surface area contributed by atoms with Crippen molar-refractivity contribution in [1.29, 1.82) is 0 Å². The van der Waals surface area contributed by atoms with Gasteiger partial charge in [0.1, 0.15) is 0 Å². The van der Waals surface area contributed by atoms with E-state index in [1.165, 1.54) is 0 Å². The van der Waals surface area contributed by atoms with Gasteiger partial charge in [0, 0.05) is 11.0 Å². The molecule has 0 aliphatic carbocycles. The van der Waals surface area contributed by atoms with E-state index in [0.717, 1.165) is 16.5 Å². The van der Waals surface area contributed by atoms with Crippen molar-refractivity contribution in [3.8, 4) is 0 Å². The lowest BCUT2D eigenvalue weighted by atomic mass is 10.1. The molecule has 4 N–H and O–H groups in total. The Kier molecular flexibility index (Phi) is 6.38. The van der Waals surface area contributed by atoms with Gasteiger partial charge >= 0.3 is 0 Å². The van der Waals surface area contributed by atoms with Crippen LogP contribution in [0.2, 0.25) is 0 Å². The van der Waals surface area contributed by atoms with Crippen molar-refractivity contribution < 1.29 is 9.59 Å². The number of carbonyl (C=O) groups is 2. The van der Waals surface area contributed by atoms with Crippen LogP contribution in [-0.4, -0.2) is 31.4 Å². The second-order valence-electron chi connectivity index (χ2n) is 3.71. The van der Waals surface area contributed by atoms with Gasteiger partial charge in [-0.05, 0) is 24.1 Å². The number of nitrogens with one attached hydrogen (secondary N) is 2. The van der Waals surface area contributed by atoms with Gasteiger partial charge in [-0.25, -0.2) is 0 Å². The highest BCUT2D eigenvalue weighted by molar-refractivity contribution is 9.10. The molecule has 0 bridgehead atoms. The fraction of sp³-hybridized carbons (Fsp3) is 0.333. The fourth-order valence-electron chi connectivity index (χ4n) is 1.31. The van der Waals surface area contributed by atoms with Gasteiger partial charge in [0.2, 0.25) is 11.8 Å². The maximum Gasteiger partial charge on any atom is 0.239 e. The smallest absolute Gasteiger partial charge is 0.239 e.